The summed E-state index contributed by atoms with van der Waals surface area (Å²) in [6.45, 7) is 1.96. The van der Waals surface area contributed by atoms with Crippen molar-refractivity contribution in [1.29, 1.82) is 0 Å². The van der Waals surface area contributed by atoms with E-state index in [2.05, 4.69) is 16.5 Å². The molecule has 0 saturated carbocycles. The molecule has 0 radical (unpaired) electrons. The van der Waals surface area contributed by atoms with Gasteiger partial charge >= 0.3 is 0 Å². The molecule has 0 fully saturated rings. The Bertz CT molecular complexity index is 488. The molecule has 82 valence electrons. The van der Waals surface area contributed by atoms with Gasteiger partial charge in [-0.15, -0.1) is 0 Å². The van der Waals surface area contributed by atoms with Crippen LogP contribution in [-0.2, 0) is 4.74 Å². The van der Waals surface area contributed by atoms with Crippen LogP contribution in [0.2, 0.25) is 0 Å². The summed E-state index contributed by atoms with van der Waals surface area (Å²) in [5.74, 6) is 0.868. The van der Waals surface area contributed by atoms with Crippen LogP contribution in [0, 0.1) is 0 Å². The first-order valence-corrected chi connectivity index (χ1v) is 5.85. The maximum atomic E-state index is 5.33. The molecular formula is C13H13NOS. The first kappa shape index (κ1) is 10.9. The Balaban J connectivity index is 2.48. The number of ether oxygens (including phenoxy) is 1. The van der Waals surface area contributed by atoms with Crippen LogP contribution in [0.1, 0.15) is 12.5 Å². The van der Waals surface area contributed by atoms with Gasteiger partial charge in [-0.1, -0.05) is 30.3 Å². The molecule has 16 heavy (non-hydrogen) atoms. The van der Waals surface area contributed by atoms with Crippen LogP contribution < -0.4 is 0 Å². The number of rotatable bonds is 3. The van der Waals surface area contributed by atoms with E-state index < -0.39 is 0 Å². The molecule has 1 heterocycles. The smallest absolute Gasteiger partial charge is 0.124 e. The largest absolute Gasteiger partial charge is 0.496 e. The maximum Gasteiger partial charge on any atom is 0.124 e. The Morgan fingerprint density at radius 2 is 2.06 bits per heavy atom. The average Bonchev–Trinajstić information content (AvgIpc) is 2.81. The van der Waals surface area contributed by atoms with Gasteiger partial charge in [0.05, 0.1) is 23.7 Å². The standard InChI is InChI=1S/C13H13NOS/c1-3-12(15-2)11-9-14-16-13(11)10-7-5-4-6-8-10/h3-9H,1-2H3/b12-3-. The van der Waals surface area contributed by atoms with Gasteiger partial charge in [0.2, 0.25) is 0 Å². The second kappa shape index (κ2) is 4.94. The van der Waals surface area contributed by atoms with E-state index in [-0.39, 0.29) is 0 Å². The van der Waals surface area contributed by atoms with Crippen LogP contribution in [0.4, 0.5) is 0 Å². The van der Waals surface area contributed by atoms with E-state index in [0.717, 1.165) is 16.2 Å². The van der Waals surface area contributed by atoms with Crippen LogP contribution in [-0.4, -0.2) is 11.5 Å². The summed E-state index contributed by atoms with van der Waals surface area (Å²) in [5.41, 5.74) is 2.23. The average molecular weight is 231 g/mol. The van der Waals surface area contributed by atoms with E-state index in [9.17, 15) is 0 Å². The molecule has 0 aliphatic rings. The summed E-state index contributed by atoms with van der Waals surface area (Å²) in [6, 6.07) is 10.2. The minimum atomic E-state index is 0.868. The Morgan fingerprint density at radius 3 is 2.69 bits per heavy atom. The molecule has 0 bridgehead atoms. The van der Waals surface area contributed by atoms with Crippen molar-refractivity contribution in [2.24, 2.45) is 0 Å². The van der Waals surface area contributed by atoms with Gasteiger partial charge in [0, 0.05) is 0 Å². The lowest BCUT2D eigenvalue weighted by Gasteiger charge is -2.05. The minimum absolute atomic E-state index is 0.868. The molecule has 2 rings (SSSR count). The molecular weight excluding hydrogens is 218 g/mol. The fourth-order valence-electron chi connectivity index (χ4n) is 1.60. The molecule has 1 aromatic carbocycles. The second-order valence-electron chi connectivity index (χ2n) is 3.29. The topological polar surface area (TPSA) is 22.1 Å². The van der Waals surface area contributed by atoms with Crippen molar-refractivity contribution in [2.75, 3.05) is 7.11 Å². The predicted molar refractivity (Wildman–Crippen MR) is 68.2 cm³/mol. The van der Waals surface area contributed by atoms with E-state index >= 15 is 0 Å². The molecule has 0 unspecified atom stereocenters. The number of nitrogens with zero attached hydrogens (tertiary/aromatic N) is 1. The summed E-state index contributed by atoms with van der Waals surface area (Å²) in [5, 5.41) is 0. The van der Waals surface area contributed by atoms with Gasteiger partial charge < -0.3 is 4.74 Å². The zero-order valence-electron chi connectivity index (χ0n) is 9.31. The van der Waals surface area contributed by atoms with Gasteiger partial charge in [0.25, 0.3) is 0 Å². The lowest BCUT2D eigenvalue weighted by atomic mass is 10.1. The third-order valence-corrected chi connectivity index (χ3v) is 3.20. The third-order valence-electron chi connectivity index (χ3n) is 2.35. The predicted octanol–water partition coefficient (Wildman–Crippen LogP) is 3.82. The number of methoxy groups -OCH3 is 1. The summed E-state index contributed by atoms with van der Waals surface area (Å²) in [6.07, 6.45) is 3.81. The third kappa shape index (κ3) is 1.99. The van der Waals surface area contributed by atoms with Gasteiger partial charge in [0.1, 0.15) is 5.76 Å². The fourth-order valence-corrected chi connectivity index (χ4v) is 2.35. The van der Waals surface area contributed by atoms with Crippen molar-refractivity contribution < 1.29 is 4.74 Å². The highest BCUT2D eigenvalue weighted by Crippen LogP contribution is 2.32. The van der Waals surface area contributed by atoms with Crippen molar-refractivity contribution in [3.63, 3.8) is 0 Å². The maximum absolute atomic E-state index is 5.33. The van der Waals surface area contributed by atoms with Gasteiger partial charge in [0.15, 0.2) is 0 Å². The highest BCUT2D eigenvalue weighted by molar-refractivity contribution is 7.09. The quantitative estimate of drug-likeness (QED) is 0.749. The molecule has 1 aromatic heterocycles. The number of hydrogen-bond acceptors (Lipinski definition) is 3. The van der Waals surface area contributed by atoms with E-state index in [1.165, 1.54) is 17.1 Å². The van der Waals surface area contributed by atoms with Crippen molar-refractivity contribution in [3.8, 4) is 10.4 Å². The van der Waals surface area contributed by atoms with Crippen LogP contribution in [0.5, 0.6) is 0 Å². The fraction of sp³-hybridized carbons (Fsp3) is 0.154. The Morgan fingerprint density at radius 1 is 1.31 bits per heavy atom. The lowest BCUT2D eigenvalue weighted by Crippen LogP contribution is -1.86. The number of allylic oxidation sites excluding steroid dienone is 1. The zero-order valence-corrected chi connectivity index (χ0v) is 10.1. The van der Waals surface area contributed by atoms with Crippen LogP contribution >= 0.6 is 11.5 Å². The molecule has 0 amide bonds. The van der Waals surface area contributed by atoms with E-state index in [0.29, 0.717) is 0 Å². The van der Waals surface area contributed by atoms with Crippen molar-refractivity contribution in [3.05, 3.63) is 48.2 Å². The van der Waals surface area contributed by atoms with Crippen LogP contribution in [0.15, 0.2) is 42.6 Å². The summed E-state index contributed by atoms with van der Waals surface area (Å²) in [7, 11) is 1.68. The molecule has 0 aliphatic carbocycles. The normalized spacial score (nSPS) is 11.5. The highest BCUT2D eigenvalue weighted by Gasteiger charge is 2.11. The van der Waals surface area contributed by atoms with Crippen molar-refractivity contribution in [1.82, 2.24) is 4.37 Å². The van der Waals surface area contributed by atoms with E-state index in [4.69, 9.17) is 4.74 Å². The highest BCUT2D eigenvalue weighted by atomic mass is 32.1. The zero-order chi connectivity index (χ0) is 11.4. The Labute approximate surface area is 99.4 Å². The summed E-state index contributed by atoms with van der Waals surface area (Å²) in [4.78, 5) is 1.15. The Kier molecular flexibility index (Phi) is 3.37. The first-order chi connectivity index (χ1) is 7.86. The van der Waals surface area contributed by atoms with Crippen molar-refractivity contribution >= 4 is 17.3 Å². The molecule has 2 aromatic rings. The van der Waals surface area contributed by atoms with Gasteiger partial charge in [-0.3, -0.25) is 0 Å². The summed E-state index contributed by atoms with van der Waals surface area (Å²) >= 11 is 1.49. The lowest BCUT2D eigenvalue weighted by molar-refractivity contribution is 0.370. The van der Waals surface area contributed by atoms with E-state index in [1.807, 2.05) is 37.4 Å². The molecule has 0 atom stereocenters. The van der Waals surface area contributed by atoms with Gasteiger partial charge in [-0.25, -0.2) is 0 Å². The monoisotopic (exact) mass is 231 g/mol. The number of aromatic nitrogens is 1. The molecule has 0 aliphatic heterocycles. The van der Waals surface area contributed by atoms with Gasteiger partial charge in [-0.05, 0) is 30.1 Å². The SMILES string of the molecule is C/C=C(\OC)c1cnsc1-c1ccccc1. The minimum Gasteiger partial charge on any atom is -0.496 e. The van der Waals surface area contributed by atoms with Gasteiger partial charge in [-0.2, -0.15) is 4.37 Å². The van der Waals surface area contributed by atoms with Crippen molar-refractivity contribution in [2.45, 2.75) is 6.92 Å². The van der Waals surface area contributed by atoms with Crippen LogP contribution in [0.3, 0.4) is 0 Å². The Hall–Kier alpha value is -1.61. The molecule has 2 nitrogen and oxygen atoms in total. The number of hydrogen-bond donors (Lipinski definition) is 0. The van der Waals surface area contributed by atoms with Crippen LogP contribution in [0.25, 0.3) is 16.2 Å². The first-order valence-electron chi connectivity index (χ1n) is 5.07. The molecule has 3 heteroatoms. The summed E-state index contributed by atoms with van der Waals surface area (Å²) < 4.78 is 9.57. The van der Waals surface area contributed by atoms with E-state index in [1.54, 1.807) is 7.11 Å². The number of benzene rings is 1. The molecule has 0 spiro atoms. The molecule has 0 saturated heterocycles. The molecule has 0 N–H and O–H groups in total. The second-order valence-corrected chi connectivity index (χ2v) is 4.09.